The maximum absolute atomic E-state index is 10.9. The summed E-state index contributed by atoms with van der Waals surface area (Å²) in [4.78, 5) is 0. The molecule has 0 amide bonds. The van der Waals surface area contributed by atoms with Crippen molar-refractivity contribution in [3.63, 3.8) is 0 Å². The largest absolute Gasteiger partial charge is 0.454 e. The lowest BCUT2D eigenvalue weighted by Gasteiger charge is -2.07. The van der Waals surface area contributed by atoms with E-state index in [1.165, 1.54) is 6.26 Å². The zero-order valence-electron chi connectivity index (χ0n) is 7.73. The van der Waals surface area contributed by atoms with Gasteiger partial charge in [-0.1, -0.05) is 0 Å². The van der Waals surface area contributed by atoms with Gasteiger partial charge in [0.15, 0.2) is 4.67 Å². The highest BCUT2D eigenvalue weighted by Crippen LogP contribution is 2.15. The molecule has 4 nitrogen and oxygen atoms in total. The van der Waals surface area contributed by atoms with Gasteiger partial charge in [-0.15, -0.1) is 0 Å². The highest BCUT2D eigenvalue weighted by Gasteiger charge is 2.13. The van der Waals surface area contributed by atoms with E-state index in [0.717, 1.165) is 0 Å². The van der Waals surface area contributed by atoms with Crippen LogP contribution in [0.2, 0.25) is 0 Å². The summed E-state index contributed by atoms with van der Waals surface area (Å²) in [5, 5.41) is 0. The van der Waals surface area contributed by atoms with Crippen molar-refractivity contribution in [3.05, 3.63) is 22.6 Å². The molecule has 1 atom stereocenters. The van der Waals surface area contributed by atoms with E-state index in [4.69, 9.17) is 10.2 Å². The predicted molar refractivity (Wildman–Crippen MR) is 57.8 cm³/mol. The van der Waals surface area contributed by atoms with Gasteiger partial charge >= 0.3 is 0 Å². The van der Waals surface area contributed by atoms with Crippen molar-refractivity contribution in [2.75, 3.05) is 12.0 Å². The standard InChI is InChI=1S/C8H12BrNO3S/c1-14(11,12)5-6(10)4-7-2-3-8(9)13-7/h2-3,6H,4-5,10H2,1H3. The van der Waals surface area contributed by atoms with E-state index in [1.54, 1.807) is 12.1 Å². The van der Waals surface area contributed by atoms with Crippen molar-refractivity contribution in [2.24, 2.45) is 5.73 Å². The molecule has 1 aromatic rings. The van der Waals surface area contributed by atoms with Crippen LogP contribution in [0, 0.1) is 0 Å². The molecule has 0 aliphatic carbocycles. The molecule has 80 valence electrons. The SMILES string of the molecule is CS(=O)(=O)CC(N)Cc1ccc(Br)o1. The van der Waals surface area contributed by atoms with Gasteiger partial charge in [-0.25, -0.2) is 8.42 Å². The summed E-state index contributed by atoms with van der Waals surface area (Å²) in [7, 11) is -3.02. The Morgan fingerprint density at radius 2 is 2.21 bits per heavy atom. The number of furan rings is 1. The fraction of sp³-hybridized carbons (Fsp3) is 0.500. The van der Waals surface area contributed by atoms with Crippen molar-refractivity contribution >= 4 is 25.8 Å². The monoisotopic (exact) mass is 281 g/mol. The summed E-state index contributed by atoms with van der Waals surface area (Å²) in [6.07, 6.45) is 1.60. The van der Waals surface area contributed by atoms with Gasteiger partial charge in [0, 0.05) is 18.7 Å². The average molecular weight is 282 g/mol. The number of halogens is 1. The fourth-order valence-electron chi connectivity index (χ4n) is 1.17. The van der Waals surface area contributed by atoms with Gasteiger partial charge in [-0.3, -0.25) is 0 Å². The van der Waals surface area contributed by atoms with Crippen LogP contribution in [0.1, 0.15) is 5.76 Å². The first-order valence-electron chi connectivity index (χ1n) is 4.04. The smallest absolute Gasteiger partial charge is 0.169 e. The van der Waals surface area contributed by atoms with Gasteiger partial charge < -0.3 is 10.2 Å². The van der Waals surface area contributed by atoms with Gasteiger partial charge in [0.25, 0.3) is 0 Å². The maximum atomic E-state index is 10.9. The van der Waals surface area contributed by atoms with Crippen LogP contribution in [-0.2, 0) is 16.3 Å². The van der Waals surface area contributed by atoms with Crippen LogP contribution in [0.3, 0.4) is 0 Å². The Kier molecular flexibility index (Phi) is 3.74. The van der Waals surface area contributed by atoms with E-state index < -0.39 is 15.9 Å². The Morgan fingerprint density at radius 1 is 1.57 bits per heavy atom. The average Bonchev–Trinajstić information content (AvgIpc) is 2.30. The fourth-order valence-corrected chi connectivity index (χ4v) is 2.40. The number of nitrogens with two attached hydrogens (primary N) is 1. The predicted octanol–water partition coefficient (Wildman–Crippen LogP) is 0.957. The van der Waals surface area contributed by atoms with Gasteiger partial charge in [0.2, 0.25) is 0 Å². The molecule has 0 aliphatic heterocycles. The van der Waals surface area contributed by atoms with Crippen molar-refractivity contribution in [2.45, 2.75) is 12.5 Å². The van der Waals surface area contributed by atoms with Crippen LogP contribution in [0.4, 0.5) is 0 Å². The lowest BCUT2D eigenvalue weighted by molar-refractivity contribution is 0.472. The number of rotatable bonds is 4. The molecule has 1 aromatic heterocycles. The molecule has 0 aliphatic rings. The lowest BCUT2D eigenvalue weighted by Crippen LogP contribution is -2.31. The third-order valence-electron chi connectivity index (χ3n) is 1.61. The van der Waals surface area contributed by atoms with Crippen LogP contribution < -0.4 is 5.73 Å². The second-order valence-corrected chi connectivity index (χ2v) is 6.23. The molecule has 0 radical (unpaired) electrons. The summed E-state index contributed by atoms with van der Waals surface area (Å²) in [6, 6.07) is 3.11. The zero-order chi connectivity index (χ0) is 10.8. The molecule has 0 saturated carbocycles. The number of hydrogen-bond acceptors (Lipinski definition) is 4. The Labute approximate surface area is 91.5 Å². The third kappa shape index (κ3) is 4.26. The van der Waals surface area contributed by atoms with Gasteiger partial charge in [-0.2, -0.15) is 0 Å². The summed E-state index contributed by atoms with van der Waals surface area (Å²) >= 11 is 3.16. The molecule has 1 unspecified atom stereocenters. The van der Waals surface area contributed by atoms with Crippen LogP contribution in [0.5, 0.6) is 0 Å². The minimum absolute atomic E-state index is 0.0225. The molecule has 1 rings (SSSR count). The molecule has 6 heteroatoms. The normalized spacial score (nSPS) is 14.2. The second kappa shape index (κ2) is 4.46. The molecular formula is C8H12BrNO3S. The van der Waals surface area contributed by atoms with E-state index in [-0.39, 0.29) is 5.75 Å². The maximum Gasteiger partial charge on any atom is 0.169 e. The minimum atomic E-state index is -3.02. The molecule has 0 fully saturated rings. The summed E-state index contributed by atoms with van der Waals surface area (Å²) in [5.41, 5.74) is 5.65. The molecule has 0 bridgehead atoms. The van der Waals surface area contributed by atoms with Crippen LogP contribution in [-0.4, -0.2) is 26.5 Å². The zero-order valence-corrected chi connectivity index (χ0v) is 10.1. The van der Waals surface area contributed by atoms with Crippen molar-refractivity contribution in [1.82, 2.24) is 0 Å². The van der Waals surface area contributed by atoms with E-state index in [9.17, 15) is 8.42 Å². The van der Waals surface area contributed by atoms with Gasteiger partial charge in [0.1, 0.15) is 15.6 Å². The van der Waals surface area contributed by atoms with Crippen LogP contribution in [0.15, 0.2) is 21.2 Å². The molecule has 0 aromatic carbocycles. The molecule has 0 spiro atoms. The van der Waals surface area contributed by atoms with E-state index >= 15 is 0 Å². The molecular weight excluding hydrogens is 270 g/mol. The van der Waals surface area contributed by atoms with Crippen LogP contribution >= 0.6 is 15.9 Å². The van der Waals surface area contributed by atoms with Gasteiger partial charge in [0.05, 0.1) is 5.75 Å². The lowest BCUT2D eigenvalue weighted by atomic mass is 10.2. The topological polar surface area (TPSA) is 73.3 Å². The number of hydrogen-bond donors (Lipinski definition) is 1. The molecule has 1 heterocycles. The highest BCUT2D eigenvalue weighted by molar-refractivity contribution is 9.10. The Morgan fingerprint density at radius 3 is 2.64 bits per heavy atom. The minimum Gasteiger partial charge on any atom is -0.454 e. The highest BCUT2D eigenvalue weighted by atomic mass is 79.9. The summed E-state index contributed by atoms with van der Waals surface area (Å²) < 4.78 is 27.7. The number of sulfone groups is 1. The first-order valence-corrected chi connectivity index (χ1v) is 6.90. The molecule has 0 saturated heterocycles. The Balaban J connectivity index is 2.53. The van der Waals surface area contributed by atoms with E-state index in [2.05, 4.69) is 15.9 Å². The van der Waals surface area contributed by atoms with Crippen molar-refractivity contribution in [3.8, 4) is 0 Å². The van der Waals surface area contributed by atoms with E-state index in [0.29, 0.717) is 16.9 Å². The van der Waals surface area contributed by atoms with Gasteiger partial charge in [-0.05, 0) is 28.1 Å². The van der Waals surface area contributed by atoms with Crippen LogP contribution in [0.25, 0.3) is 0 Å². The van der Waals surface area contributed by atoms with E-state index in [1.807, 2.05) is 0 Å². The van der Waals surface area contributed by atoms with Crippen molar-refractivity contribution in [1.29, 1.82) is 0 Å². The third-order valence-corrected chi connectivity index (χ3v) is 3.07. The summed E-state index contributed by atoms with van der Waals surface area (Å²) in [6.45, 7) is 0. The second-order valence-electron chi connectivity index (χ2n) is 3.26. The first-order chi connectivity index (χ1) is 6.37. The molecule has 14 heavy (non-hydrogen) atoms. The quantitative estimate of drug-likeness (QED) is 0.892. The first kappa shape index (κ1) is 11.7. The summed E-state index contributed by atoms with van der Waals surface area (Å²) in [5.74, 6) is 0.665. The Bertz CT molecular complexity index is 398. The Hall–Kier alpha value is -0.330. The van der Waals surface area contributed by atoms with Crippen molar-refractivity contribution < 1.29 is 12.8 Å². The molecule has 2 N–H and O–H groups in total.